The van der Waals surface area contributed by atoms with E-state index in [1.54, 1.807) is 24.3 Å². The van der Waals surface area contributed by atoms with Crippen molar-refractivity contribution < 1.29 is 67.4 Å². The third-order valence-electron chi connectivity index (χ3n) is 6.87. The topological polar surface area (TPSA) is 198 Å². The van der Waals surface area contributed by atoms with Gasteiger partial charge >= 0.3 is 35.8 Å². The number of ether oxygens (including phenoxy) is 6. The highest BCUT2D eigenvalue weighted by atomic mass is 32.2. The number of carboxylic acid groups (broad SMARTS) is 2. The molecule has 2 N–H and O–H groups in total. The molecule has 2 atom stereocenters. The molecule has 0 amide bonds. The SMILES string of the molecule is O=C(O)C=CC(=O)OC(COC(=O)C1SCCS1)COc1ccc(Cc2ccc(OCC(COC(=O)C3SCCS3)OC(=O)C=CC(=O)O)cc2)cc1. The summed E-state index contributed by atoms with van der Waals surface area (Å²) in [5, 5.41) is 17.6. The predicted octanol–water partition coefficient (Wildman–Crippen LogP) is 3.84. The standard InChI is InChI=1S/C35H36O14S4/c36-28(37)9-11-30(40)48-26(20-46-32(42)34-50-13-14-51-34)18-44-24-5-1-22(2-6-24)17-23-3-7-25(8-4-23)45-19-27(49-31(41)12-10-29(38)39)21-47-33(43)35-52-15-16-53-35/h1-12,26-27,34-35H,13-21H2,(H,36,37)(H,38,39). The van der Waals surface area contributed by atoms with E-state index in [9.17, 15) is 28.8 Å². The summed E-state index contributed by atoms with van der Waals surface area (Å²) < 4.78 is 32.1. The molecule has 18 heteroatoms. The van der Waals surface area contributed by atoms with Gasteiger partial charge in [0, 0.05) is 47.3 Å². The lowest BCUT2D eigenvalue weighted by Crippen LogP contribution is -2.31. The molecule has 0 aromatic heterocycles. The first-order chi connectivity index (χ1) is 25.5. The first-order valence-corrected chi connectivity index (χ1v) is 20.2. The molecule has 0 bridgehead atoms. The van der Waals surface area contributed by atoms with E-state index in [0.717, 1.165) is 46.3 Å². The number of benzene rings is 2. The van der Waals surface area contributed by atoms with Crippen LogP contribution < -0.4 is 9.47 Å². The molecule has 2 aromatic carbocycles. The molecular weight excluding hydrogens is 773 g/mol. The normalized spacial score (nSPS) is 15.8. The summed E-state index contributed by atoms with van der Waals surface area (Å²) in [5.74, 6) is -1.06. The first-order valence-electron chi connectivity index (χ1n) is 16.0. The van der Waals surface area contributed by atoms with Gasteiger partial charge in [-0.2, -0.15) is 0 Å². The lowest BCUT2D eigenvalue weighted by molar-refractivity contribution is -0.156. The Bertz CT molecular complexity index is 1500. The maximum absolute atomic E-state index is 12.4. The number of aliphatic carboxylic acids is 2. The largest absolute Gasteiger partial charge is 0.490 e. The van der Waals surface area contributed by atoms with Gasteiger partial charge in [-0.3, -0.25) is 0 Å². The molecule has 2 heterocycles. The molecule has 0 aliphatic carbocycles. The minimum absolute atomic E-state index is 0.147. The molecular formula is C35H36O14S4. The molecule has 0 radical (unpaired) electrons. The van der Waals surface area contributed by atoms with Crippen molar-refractivity contribution in [3.8, 4) is 11.5 Å². The van der Waals surface area contributed by atoms with Gasteiger partial charge < -0.3 is 38.6 Å². The Labute approximate surface area is 321 Å². The number of carbonyl (C=O) groups is 6. The van der Waals surface area contributed by atoms with Crippen LogP contribution in [-0.2, 0) is 54.1 Å². The lowest BCUT2D eigenvalue weighted by atomic mass is 10.0. The summed E-state index contributed by atoms with van der Waals surface area (Å²) in [7, 11) is 0. The summed E-state index contributed by atoms with van der Waals surface area (Å²) in [6.07, 6.45) is 1.42. The van der Waals surface area contributed by atoms with Crippen LogP contribution in [0.25, 0.3) is 0 Å². The molecule has 2 fully saturated rings. The predicted molar refractivity (Wildman–Crippen MR) is 199 cm³/mol. The molecule has 53 heavy (non-hydrogen) atoms. The Balaban J connectivity index is 1.27. The van der Waals surface area contributed by atoms with E-state index in [4.69, 9.17) is 38.6 Å². The Morgan fingerprint density at radius 1 is 0.566 bits per heavy atom. The lowest BCUT2D eigenvalue weighted by Gasteiger charge is -2.19. The Hall–Kier alpha value is -4.26. The molecule has 0 spiro atoms. The summed E-state index contributed by atoms with van der Waals surface area (Å²) >= 11 is 5.89. The minimum atomic E-state index is -1.31. The molecule has 14 nitrogen and oxygen atoms in total. The summed E-state index contributed by atoms with van der Waals surface area (Å²) in [6, 6.07) is 14.4. The second-order valence-corrected chi connectivity index (χ2v) is 16.4. The highest BCUT2D eigenvalue weighted by molar-refractivity contribution is 8.21. The number of carboxylic acids is 2. The smallest absolute Gasteiger partial charge is 0.331 e. The zero-order valence-electron chi connectivity index (χ0n) is 28.0. The molecule has 0 saturated carbocycles. The summed E-state index contributed by atoms with van der Waals surface area (Å²) in [4.78, 5) is 70.4. The van der Waals surface area contributed by atoms with Crippen molar-refractivity contribution in [2.24, 2.45) is 0 Å². The quantitative estimate of drug-likeness (QED) is 0.111. The van der Waals surface area contributed by atoms with Crippen molar-refractivity contribution in [2.45, 2.75) is 27.8 Å². The molecule has 2 aliphatic heterocycles. The van der Waals surface area contributed by atoms with E-state index in [1.165, 1.54) is 47.0 Å². The zero-order chi connectivity index (χ0) is 38.0. The molecule has 4 rings (SSSR count). The molecule has 284 valence electrons. The second kappa shape index (κ2) is 22.1. The van der Waals surface area contributed by atoms with E-state index in [0.29, 0.717) is 30.1 Å². The van der Waals surface area contributed by atoms with E-state index >= 15 is 0 Å². The number of hydrogen-bond donors (Lipinski definition) is 2. The maximum Gasteiger partial charge on any atom is 0.331 e. The van der Waals surface area contributed by atoms with Crippen molar-refractivity contribution in [3.05, 3.63) is 84.0 Å². The fraction of sp³-hybridized carbons (Fsp3) is 0.371. The van der Waals surface area contributed by atoms with Crippen molar-refractivity contribution in [3.63, 3.8) is 0 Å². The van der Waals surface area contributed by atoms with Gasteiger partial charge in [-0.15, -0.1) is 47.0 Å². The number of carbonyl (C=O) groups excluding carboxylic acids is 4. The van der Waals surface area contributed by atoms with Crippen molar-refractivity contribution in [2.75, 3.05) is 49.4 Å². The van der Waals surface area contributed by atoms with Gasteiger partial charge in [0.1, 0.15) is 47.1 Å². The van der Waals surface area contributed by atoms with Gasteiger partial charge in [0.05, 0.1) is 0 Å². The molecule has 2 aliphatic rings. The Kier molecular flexibility index (Phi) is 17.3. The average molecular weight is 809 g/mol. The number of hydrogen-bond acceptors (Lipinski definition) is 16. The second-order valence-electron chi connectivity index (χ2n) is 11.0. The minimum Gasteiger partial charge on any atom is -0.490 e. The number of thioether (sulfide) groups is 4. The van der Waals surface area contributed by atoms with Gasteiger partial charge in [0.15, 0.2) is 12.2 Å². The van der Waals surface area contributed by atoms with E-state index in [-0.39, 0.29) is 35.6 Å². The van der Waals surface area contributed by atoms with Gasteiger partial charge in [-0.05, 0) is 41.8 Å². The van der Waals surface area contributed by atoms with Gasteiger partial charge in [-0.1, -0.05) is 24.3 Å². The van der Waals surface area contributed by atoms with Crippen molar-refractivity contribution in [1.29, 1.82) is 0 Å². The first kappa shape index (κ1) is 41.5. The fourth-order valence-corrected chi connectivity index (χ4v) is 9.55. The zero-order valence-corrected chi connectivity index (χ0v) is 31.3. The third-order valence-corrected chi connectivity index (χ3v) is 12.8. The summed E-state index contributed by atoms with van der Waals surface area (Å²) in [6.45, 7) is -0.815. The number of rotatable bonds is 20. The molecule has 2 aromatic rings. The maximum atomic E-state index is 12.4. The van der Waals surface area contributed by atoms with Gasteiger partial charge in [0.25, 0.3) is 0 Å². The molecule has 2 saturated heterocycles. The fourth-order valence-electron chi connectivity index (χ4n) is 4.41. The van der Waals surface area contributed by atoms with Gasteiger partial charge in [-0.25, -0.2) is 28.8 Å². The Morgan fingerprint density at radius 3 is 1.26 bits per heavy atom. The van der Waals surface area contributed by atoms with E-state index < -0.39 is 48.0 Å². The third kappa shape index (κ3) is 15.7. The van der Waals surface area contributed by atoms with Crippen LogP contribution in [0.3, 0.4) is 0 Å². The highest BCUT2D eigenvalue weighted by Gasteiger charge is 2.28. The van der Waals surface area contributed by atoms with Crippen LogP contribution in [0.5, 0.6) is 11.5 Å². The Morgan fingerprint density at radius 2 is 0.925 bits per heavy atom. The van der Waals surface area contributed by atoms with Gasteiger partial charge in [0.2, 0.25) is 0 Å². The number of esters is 4. The van der Waals surface area contributed by atoms with Crippen LogP contribution in [0.4, 0.5) is 0 Å². The highest BCUT2D eigenvalue weighted by Crippen LogP contribution is 2.33. The van der Waals surface area contributed by atoms with E-state index in [2.05, 4.69) is 0 Å². The van der Waals surface area contributed by atoms with Crippen LogP contribution in [0, 0.1) is 0 Å². The van der Waals surface area contributed by atoms with Crippen molar-refractivity contribution >= 4 is 82.9 Å². The average Bonchev–Trinajstić information content (AvgIpc) is 3.89. The summed E-state index contributed by atoms with van der Waals surface area (Å²) in [5.41, 5.74) is 1.91. The van der Waals surface area contributed by atoms with Crippen LogP contribution in [0.1, 0.15) is 11.1 Å². The van der Waals surface area contributed by atoms with E-state index in [1.807, 2.05) is 24.3 Å². The van der Waals surface area contributed by atoms with Crippen molar-refractivity contribution in [1.82, 2.24) is 0 Å². The van der Waals surface area contributed by atoms with Crippen LogP contribution in [0.15, 0.2) is 72.8 Å². The van der Waals surface area contributed by atoms with Crippen LogP contribution >= 0.6 is 47.0 Å². The monoisotopic (exact) mass is 808 g/mol. The molecule has 2 unspecified atom stereocenters. The van der Waals surface area contributed by atoms with Crippen LogP contribution in [-0.4, -0.2) is 117 Å². The van der Waals surface area contributed by atoms with Crippen LogP contribution in [0.2, 0.25) is 0 Å².